The van der Waals surface area contributed by atoms with E-state index >= 15 is 0 Å². The molecular weight excluding hydrogens is 148 g/mol. The Morgan fingerprint density at radius 1 is 1.08 bits per heavy atom. The van der Waals surface area contributed by atoms with Crippen LogP contribution in [0.25, 0.3) is 0 Å². The molecule has 0 radical (unpaired) electrons. The molecule has 0 bridgehead atoms. The van der Waals surface area contributed by atoms with E-state index in [2.05, 4.69) is 11.9 Å². The van der Waals surface area contributed by atoms with E-state index in [9.17, 15) is 0 Å². The van der Waals surface area contributed by atoms with Gasteiger partial charge in [-0.05, 0) is 26.4 Å². The number of hydrogen-bond donors (Lipinski definition) is 1. The summed E-state index contributed by atoms with van der Waals surface area (Å²) in [6.45, 7) is 5.18. The van der Waals surface area contributed by atoms with Gasteiger partial charge in [0, 0.05) is 0 Å². The van der Waals surface area contributed by atoms with Crippen molar-refractivity contribution in [3.8, 4) is 0 Å². The molecule has 12 heavy (non-hydrogen) atoms. The van der Waals surface area contributed by atoms with Gasteiger partial charge in [-0.2, -0.15) is 0 Å². The highest BCUT2D eigenvalue weighted by molar-refractivity contribution is 4.64. The third-order valence-corrected chi connectivity index (χ3v) is 2.33. The molecule has 74 valence electrons. The lowest BCUT2D eigenvalue weighted by molar-refractivity contribution is 0.212. The predicted molar refractivity (Wildman–Crippen MR) is 55.0 cm³/mol. The second kappa shape index (κ2) is 7.56. The third kappa shape index (κ3) is 4.73. The molecule has 0 aliphatic carbocycles. The van der Waals surface area contributed by atoms with Crippen LogP contribution in [0.5, 0.6) is 0 Å². The maximum Gasteiger partial charge on any atom is 0.0569 e. The summed E-state index contributed by atoms with van der Waals surface area (Å²) in [4.78, 5) is 2.26. The van der Waals surface area contributed by atoms with Crippen molar-refractivity contribution in [1.29, 1.82) is 0 Å². The smallest absolute Gasteiger partial charge is 0.0569 e. The van der Waals surface area contributed by atoms with E-state index in [4.69, 9.17) is 5.73 Å². The molecular formula is C10H24N2. The van der Waals surface area contributed by atoms with Crippen molar-refractivity contribution in [2.45, 2.75) is 52.1 Å². The summed E-state index contributed by atoms with van der Waals surface area (Å²) in [5.74, 6) is 0. The Bertz CT molecular complexity index is 81.8. The molecule has 1 heterocycles. The first kappa shape index (κ1) is 11.9. The van der Waals surface area contributed by atoms with E-state index in [-0.39, 0.29) is 0 Å². The molecule has 1 rings (SSSR count). The Kier molecular flexibility index (Phi) is 7.51. The van der Waals surface area contributed by atoms with Crippen LogP contribution in [0.1, 0.15) is 46.0 Å². The van der Waals surface area contributed by atoms with Gasteiger partial charge in [0.15, 0.2) is 0 Å². The van der Waals surface area contributed by atoms with E-state index in [1.807, 2.05) is 13.8 Å². The minimum atomic E-state index is 0.320. The van der Waals surface area contributed by atoms with E-state index in [0.29, 0.717) is 6.17 Å². The van der Waals surface area contributed by atoms with Crippen molar-refractivity contribution in [2.75, 3.05) is 13.6 Å². The summed E-state index contributed by atoms with van der Waals surface area (Å²) in [6, 6.07) is 0. The van der Waals surface area contributed by atoms with Crippen molar-refractivity contribution in [3.05, 3.63) is 0 Å². The highest BCUT2D eigenvalue weighted by Gasteiger charge is 2.10. The Morgan fingerprint density at radius 3 is 2.33 bits per heavy atom. The van der Waals surface area contributed by atoms with E-state index in [0.717, 1.165) is 0 Å². The molecule has 2 nitrogen and oxygen atoms in total. The van der Waals surface area contributed by atoms with Gasteiger partial charge in [-0.25, -0.2) is 0 Å². The molecule has 1 unspecified atom stereocenters. The van der Waals surface area contributed by atoms with Crippen LogP contribution in [0, 0.1) is 0 Å². The minimum Gasteiger partial charge on any atom is -0.316 e. The van der Waals surface area contributed by atoms with Crippen molar-refractivity contribution >= 4 is 0 Å². The molecule has 1 saturated heterocycles. The highest BCUT2D eigenvalue weighted by Crippen LogP contribution is 2.11. The maximum absolute atomic E-state index is 5.87. The Morgan fingerprint density at radius 2 is 1.67 bits per heavy atom. The summed E-state index contributed by atoms with van der Waals surface area (Å²) in [5.41, 5.74) is 5.87. The third-order valence-electron chi connectivity index (χ3n) is 2.33. The molecule has 0 aromatic carbocycles. The molecule has 0 aromatic heterocycles. The number of rotatable bonds is 0. The molecule has 1 aliphatic rings. The Balaban J connectivity index is 0.000000561. The predicted octanol–water partition coefficient (Wildman–Crippen LogP) is 2.19. The van der Waals surface area contributed by atoms with Crippen LogP contribution in [-0.2, 0) is 0 Å². The molecule has 0 saturated carbocycles. The lowest BCUT2D eigenvalue weighted by Gasteiger charge is -2.26. The van der Waals surface area contributed by atoms with Gasteiger partial charge in [-0.15, -0.1) is 0 Å². The summed E-state index contributed by atoms with van der Waals surface area (Å²) in [6.07, 6.45) is 6.89. The largest absolute Gasteiger partial charge is 0.316 e. The van der Waals surface area contributed by atoms with Gasteiger partial charge >= 0.3 is 0 Å². The van der Waals surface area contributed by atoms with Gasteiger partial charge in [-0.1, -0.05) is 33.1 Å². The van der Waals surface area contributed by atoms with E-state index in [1.54, 1.807) is 0 Å². The number of likely N-dealkylation sites (tertiary alicyclic amines) is 1. The fraction of sp³-hybridized carbons (Fsp3) is 1.00. The minimum absolute atomic E-state index is 0.320. The molecule has 1 fully saturated rings. The first-order valence-electron chi connectivity index (χ1n) is 5.26. The van der Waals surface area contributed by atoms with E-state index < -0.39 is 0 Å². The van der Waals surface area contributed by atoms with Crippen LogP contribution in [0.3, 0.4) is 0 Å². The van der Waals surface area contributed by atoms with Gasteiger partial charge < -0.3 is 5.73 Å². The second-order valence-corrected chi connectivity index (χ2v) is 3.25. The van der Waals surface area contributed by atoms with Crippen molar-refractivity contribution in [3.63, 3.8) is 0 Å². The van der Waals surface area contributed by atoms with Crippen molar-refractivity contribution in [2.24, 2.45) is 5.73 Å². The molecule has 0 amide bonds. The molecule has 1 aliphatic heterocycles. The Labute approximate surface area is 77.1 Å². The fourth-order valence-corrected chi connectivity index (χ4v) is 1.45. The normalized spacial score (nSPS) is 26.5. The van der Waals surface area contributed by atoms with Gasteiger partial charge in [0.05, 0.1) is 6.17 Å². The Hall–Kier alpha value is -0.0800. The topological polar surface area (TPSA) is 29.3 Å². The van der Waals surface area contributed by atoms with Gasteiger partial charge in [0.1, 0.15) is 0 Å². The molecule has 2 heteroatoms. The molecule has 2 N–H and O–H groups in total. The number of nitrogens with two attached hydrogens (primary N) is 1. The molecule has 0 spiro atoms. The van der Waals surface area contributed by atoms with Crippen molar-refractivity contribution in [1.82, 2.24) is 4.90 Å². The van der Waals surface area contributed by atoms with E-state index in [1.165, 1.54) is 38.6 Å². The van der Waals surface area contributed by atoms with Crippen LogP contribution in [0.15, 0.2) is 0 Å². The fourth-order valence-electron chi connectivity index (χ4n) is 1.45. The van der Waals surface area contributed by atoms with Crippen LogP contribution in [-0.4, -0.2) is 24.7 Å². The zero-order valence-corrected chi connectivity index (χ0v) is 8.84. The van der Waals surface area contributed by atoms with Crippen LogP contribution in [0.4, 0.5) is 0 Å². The first-order chi connectivity index (χ1) is 5.80. The lowest BCUT2D eigenvalue weighted by Crippen LogP contribution is -2.40. The van der Waals surface area contributed by atoms with Crippen LogP contribution >= 0.6 is 0 Å². The zero-order valence-electron chi connectivity index (χ0n) is 8.84. The highest BCUT2D eigenvalue weighted by atomic mass is 15.2. The summed E-state index contributed by atoms with van der Waals surface area (Å²) in [5, 5.41) is 0. The van der Waals surface area contributed by atoms with Crippen molar-refractivity contribution < 1.29 is 0 Å². The van der Waals surface area contributed by atoms with Gasteiger partial charge in [0.25, 0.3) is 0 Å². The molecule has 0 aromatic rings. The van der Waals surface area contributed by atoms with Crippen LogP contribution < -0.4 is 5.73 Å². The monoisotopic (exact) mass is 172 g/mol. The lowest BCUT2D eigenvalue weighted by atomic mass is 10.1. The SMILES string of the molecule is CC.CN1CCCCCCC1N. The quantitative estimate of drug-likeness (QED) is 0.607. The molecule has 1 atom stereocenters. The summed E-state index contributed by atoms with van der Waals surface area (Å²) in [7, 11) is 2.12. The average molecular weight is 172 g/mol. The van der Waals surface area contributed by atoms with Gasteiger partial charge in [-0.3, -0.25) is 4.90 Å². The average Bonchev–Trinajstić information content (AvgIpc) is 2.11. The maximum atomic E-state index is 5.87. The van der Waals surface area contributed by atoms with Crippen LogP contribution in [0.2, 0.25) is 0 Å². The zero-order chi connectivity index (χ0) is 9.40. The summed E-state index contributed by atoms with van der Waals surface area (Å²) < 4.78 is 0. The number of nitrogens with zero attached hydrogens (tertiary/aromatic N) is 1. The second-order valence-electron chi connectivity index (χ2n) is 3.25. The standard InChI is InChI=1S/C8H18N2.C2H6/c1-10-7-5-3-2-4-6-8(10)9;1-2/h8H,2-7,9H2,1H3;1-2H3. The van der Waals surface area contributed by atoms with Gasteiger partial charge in [0.2, 0.25) is 0 Å². The first-order valence-corrected chi connectivity index (χ1v) is 5.26. The number of hydrogen-bond acceptors (Lipinski definition) is 2. The summed E-state index contributed by atoms with van der Waals surface area (Å²) >= 11 is 0.